The Morgan fingerprint density at radius 3 is 2.27 bits per heavy atom. The Kier molecular flexibility index (Phi) is 5.86. The molecular weight excluding hydrogens is 326 g/mol. The van der Waals surface area contributed by atoms with Crippen LogP contribution in [-0.2, 0) is 4.79 Å². The van der Waals surface area contributed by atoms with Crippen LogP contribution in [0.2, 0.25) is 0 Å². The zero-order chi connectivity index (χ0) is 18.8. The Balaban J connectivity index is 1.61. The maximum absolute atomic E-state index is 12.9. The molecule has 1 aromatic rings. The fourth-order valence-corrected chi connectivity index (χ4v) is 4.56. The third-order valence-corrected chi connectivity index (χ3v) is 6.02. The molecule has 1 aliphatic carbocycles. The third kappa shape index (κ3) is 3.88. The zero-order valence-electron chi connectivity index (χ0n) is 16.8. The molecule has 0 radical (unpaired) electrons. The molecule has 0 atom stereocenters. The molecule has 2 heterocycles. The number of carbonyl (C=O) groups is 2. The van der Waals surface area contributed by atoms with Gasteiger partial charge < -0.3 is 9.47 Å². The summed E-state index contributed by atoms with van der Waals surface area (Å²) < 4.78 is 2.39. The first-order chi connectivity index (χ1) is 12.4. The molecule has 5 heteroatoms. The maximum atomic E-state index is 12.9. The van der Waals surface area contributed by atoms with Crippen molar-refractivity contribution in [2.75, 3.05) is 32.7 Å². The van der Waals surface area contributed by atoms with Gasteiger partial charge in [-0.05, 0) is 32.8 Å². The standard InChI is InChI=1S/C21H33N3O2/c1-15(2)21(26)23-11-9-22(10-12-23)14-20(25)19-13-16(3)24(17(19)4)18-7-5-6-8-18/h13,15,18H,5-12,14H2,1-4H3. The molecule has 144 valence electrons. The molecule has 3 rings (SSSR count). The topological polar surface area (TPSA) is 45.6 Å². The van der Waals surface area contributed by atoms with Crippen LogP contribution in [0.1, 0.15) is 67.3 Å². The van der Waals surface area contributed by atoms with E-state index in [1.807, 2.05) is 18.7 Å². The SMILES string of the molecule is Cc1cc(C(=O)CN2CCN(C(=O)C(C)C)CC2)c(C)n1C1CCCC1. The number of ketones is 1. The van der Waals surface area contributed by atoms with Crippen molar-refractivity contribution in [1.29, 1.82) is 0 Å². The van der Waals surface area contributed by atoms with Gasteiger partial charge in [-0.2, -0.15) is 0 Å². The van der Waals surface area contributed by atoms with E-state index in [4.69, 9.17) is 0 Å². The number of nitrogens with zero attached hydrogens (tertiary/aromatic N) is 3. The van der Waals surface area contributed by atoms with Crippen molar-refractivity contribution >= 4 is 11.7 Å². The van der Waals surface area contributed by atoms with Crippen molar-refractivity contribution < 1.29 is 9.59 Å². The minimum Gasteiger partial charge on any atom is -0.345 e. The van der Waals surface area contributed by atoms with E-state index in [1.165, 1.54) is 31.4 Å². The van der Waals surface area contributed by atoms with E-state index in [0.717, 1.165) is 37.4 Å². The quantitative estimate of drug-likeness (QED) is 0.759. The van der Waals surface area contributed by atoms with Crippen LogP contribution in [-0.4, -0.2) is 58.8 Å². The Hall–Kier alpha value is -1.62. The molecule has 2 fully saturated rings. The Morgan fingerprint density at radius 2 is 1.69 bits per heavy atom. The first-order valence-corrected chi connectivity index (χ1v) is 10.1. The lowest BCUT2D eigenvalue weighted by Gasteiger charge is -2.35. The highest BCUT2D eigenvalue weighted by atomic mass is 16.2. The van der Waals surface area contributed by atoms with Gasteiger partial charge in [0, 0.05) is 55.1 Å². The zero-order valence-corrected chi connectivity index (χ0v) is 16.8. The third-order valence-electron chi connectivity index (χ3n) is 6.02. The van der Waals surface area contributed by atoms with Gasteiger partial charge in [0.1, 0.15) is 0 Å². The van der Waals surface area contributed by atoms with Gasteiger partial charge in [0.25, 0.3) is 0 Å². The van der Waals surface area contributed by atoms with E-state index in [2.05, 4.69) is 29.4 Å². The van der Waals surface area contributed by atoms with Crippen LogP contribution in [0, 0.1) is 19.8 Å². The molecule has 0 unspecified atom stereocenters. The summed E-state index contributed by atoms with van der Waals surface area (Å²) in [5, 5.41) is 0. The van der Waals surface area contributed by atoms with Crippen molar-refractivity contribution in [2.24, 2.45) is 5.92 Å². The predicted molar refractivity (Wildman–Crippen MR) is 104 cm³/mol. The highest BCUT2D eigenvalue weighted by Crippen LogP contribution is 2.33. The van der Waals surface area contributed by atoms with Crippen LogP contribution in [0.4, 0.5) is 0 Å². The second-order valence-corrected chi connectivity index (χ2v) is 8.27. The lowest BCUT2D eigenvalue weighted by Crippen LogP contribution is -2.50. The van der Waals surface area contributed by atoms with E-state index in [0.29, 0.717) is 12.6 Å². The van der Waals surface area contributed by atoms with Crippen molar-refractivity contribution in [2.45, 2.75) is 59.4 Å². The van der Waals surface area contributed by atoms with E-state index >= 15 is 0 Å². The van der Waals surface area contributed by atoms with E-state index in [-0.39, 0.29) is 17.6 Å². The number of rotatable bonds is 5. The highest BCUT2D eigenvalue weighted by molar-refractivity contribution is 5.99. The Bertz CT molecular complexity index is 663. The number of aromatic nitrogens is 1. The molecule has 1 amide bonds. The average Bonchev–Trinajstić information content (AvgIpc) is 3.22. The van der Waals surface area contributed by atoms with Crippen molar-refractivity contribution in [3.05, 3.63) is 23.0 Å². The van der Waals surface area contributed by atoms with Gasteiger partial charge in [-0.3, -0.25) is 14.5 Å². The summed E-state index contributed by atoms with van der Waals surface area (Å²) in [7, 11) is 0. The molecule has 1 aliphatic heterocycles. The number of amides is 1. The summed E-state index contributed by atoms with van der Waals surface area (Å²) in [5.41, 5.74) is 3.23. The van der Waals surface area contributed by atoms with Gasteiger partial charge in [-0.15, -0.1) is 0 Å². The van der Waals surface area contributed by atoms with Crippen molar-refractivity contribution in [3.8, 4) is 0 Å². The van der Waals surface area contributed by atoms with Gasteiger partial charge in [-0.1, -0.05) is 26.7 Å². The van der Waals surface area contributed by atoms with E-state index in [1.54, 1.807) is 0 Å². The average molecular weight is 360 g/mol. The molecule has 2 aliphatic rings. The summed E-state index contributed by atoms with van der Waals surface area (Å²) >= 11 is 0. The minimum absolute atomic E-state index is 0.0455. The van der Waals surface area contributed by atoms with Crippen molar-refractivity contribution in [1.82, 2.24) is 14.4 Å². The fourth-order valence-electron chi connectivity index (χ4n) is 4.56. The number of aryl methyl sites for hydroxylation is 1. The molecule has 1 aromatic heterocycles. The molecule has 1 saturated heterocycles. The lowest BCUT2D eigenvalue weighted by atomic mass is 10.1. The Labute approximate surface area is 157 Å². The van der Waals surface area contributed by atoms with Crippen LogP contribution >= 0.6 is 0 Å². The molecule has 0 spiro atoms. The summed E-state index contributed by atoms with van der Waals surface area (Å²) in [6, 6.07) is 2.65. The number of piperazine rings is 1. The van der Waals surface area contributed by atoms with Crippen LogP contribution < -0.4 is 0 Å². The first kappa shape index (κ1) is 19.2. The van der Waals surface area contributed by atoms with E-state index in [9.17, 15) is 9.59 Å². The summed E-state index contributed by atoms with van der Waals surface area (Å²) in [6.45, 7) is 11.6. The molecule has 5 nitrogen and oxygen atoms in total. The lowest BCUT2D eigenvalue weighted by molar-refractivity contribution is -0.136. The second kappa shape index (κ2) is 7.95. The number of hydrogen-bond donors (Lipinski definition) is 0. The summed E-state index contributed by atoms with van der Waals surface area (Å²) in [5.74, 6) is 0.478. The van der Waals surface area contributed by atoms with Gasteiger partial charge in [-0.25, -0.2) is 0 Å². The number of hydrogen-bond acceptors (Lipinski definition) is 3. The van der Waals surface area contributed by atoms with Crippen LogP contribution in [0.25, 0.3) is 0 Å². The van der Waals surface area contributed by atoms with Crippen LogP contribution in [0.15, 0.2) is 6.07 Å². The molecule has 0 aromatic carbocycles. The molecule has 1 saturated carbocycles. The van der Waals surface area contributed by atoms with Gasteiger partial charge in [0.15, 0.2) is 5.78 Å². The minimum atomic E-state index is 0.0455. The Morgan fingerprint density at radius 1 is 1.08 bits per heavy atom. The molecule has 26 heavy (non-hydrogen) atoms. The number of Topliss-reactive ketones (excluding diaryl/α,β-unsaturated/α-hetero) is 1. The molecular formula is C21H33N3O2. The first-order valence-electron chi connectivity index (χ1n) is 10.1. The largest absolute Gasteiger partial charge is 0.345 e. The smallest absolute Gasteiger partial charge is 0.225 e. The normalized spacial score (nSPS) is 19.5. The van der Waals surface area contributed by atoms with Gasteiger partial charge in [0.2, 0.25) is 5.91 Å². The maximum Gasteiger partial charge on any atom is 0.225 e. The monoisotopic (exact) mass is 359 g/mol. The highest BCUT2D eigenvalue weighted by Gasteiger charge is 2.27. The molecule has 0 bridgehead atoms. The van der Waals surface area contributed by atoms with Crippen LogP contribution in [0.3, 0.4) is 0 Å². The van der Waals surface area contributed by atoms with Gasteiger partial charge >= 0.3 is 0 Å². The fraction of sp³-hybridized carbons (Fsp3) is 0.714. The number of carbonyl (C=O) groups excluding carboxylic acids is 2. The van der Waals surface area contributed by atoms with Crippen molar-refractivity contribution in [3.63, 3.8) is 0 Å². The van der Waals surface area contributed by atoms with Gasteiger partial charge in [0.05, 0.1) is 6.54 Å². The van der Waals surface area contributed by atoms with E-state index < -0.39 is 0 Å². The summed E-state index contributed by atoms with van der Waals surface area (Å²) in [4.78, 5) is 29.1. The summed E-state index contributed by atoms with van der Waals surface area (Å²) in [6.07, 6.45) is 5.06. The molecule has 0 N–H and O–H groups in total. The van der Waals surface area contributed by atoms with Crippen LogP contribution in [0.5, 0.6) is 0 Å². The predicted octanol–water partition coefficient (Wildman–Crippen LogP) is 3.20. The second-order valence-electron chi connectivity index (χ2n) is 8.27.